The summed E-state index contributed by atoms with van der Waals surface area (Å²) in [7, 11) is 1.37. The van der Waals surface area contributed by atoms with Gasteiger partial charge in [-0.15, -0.1) is 0 Å². The zero-order valence-electron chi connectivity index (χ0n) is 13.7. The lowest BCUT2D eigenvalue weighted by atomic mass is 9.97. The van der Waals surface area contributed by atoms with E-state index in [0.29, 0.717) is 12.1 Å². The van der Waals surface area contributed by atoms with Crippen LogP contribution >= 0.6 is 0 Å². The Morgan fingerprint density at radius 2 is 2.00 bits per heavy atom. The van der Waals surface area contributed by atoms with E-state index in [1.807, 2.05) is 30.9 Å². The molecule has 0 radical (unpaired) electrons. The largest absolute Gasteiger partial charge is 0.465 e. The molecule has 120 valence electrons. The lowest BCUT2D eigenvalue weighted by molar-refractivity contribution is -0.132. The minimum atomic E-state index is -0.363. The van der Waals surface area contributed by atoms with Crippen LogP contribution in [-0.4, -0.2) is 36.1 Å². The van der Waals surface area contributed by atoms with Crippen LogP contribution in [0, 0.1) is 0 Å². The quantitative estimate of drug-likeness (QED) is 0.849. The highest BCUT2D eigenvalue weighted by atomic mass is 16.5. The summed E-state index contributed by atoms with van der Waals surface area (Å²) in [4.78, 5) is 25.7. The van der Waals surface area contributed by atoms with Crippen LogP contribution in [-0.2, 0) is 9.53 Å². The van der Waals surface area contributed by atoms with Gasteiger partial charge in [0.15, 0.2) is 0 Å². The molecule has 0 spiro atoms. The molecule has 5 nitrogen and oxygen atoms in total. The molecule has 0 aliphatic carbocycles. The zero-order valence-corrected chi connectivity index (χ0v) is 13.7. The van der Waals surface area contributed by atoms with E-state index in [-0.39, 0.29) is 23.6 Å². The van der Waals surface area contributed by atoms with E-state index in [1.165, 1.54) is 7.11 Å². The van der Waals surface area contributed by atoms with Gasteiger partial charge in [-0.2, -0.15) is 0 Å². The third-order valence-corrected chi connectivity index (χ3v) is 4.13. The number of carbonyl (C=O) groups is 2. The molecule has 1 saturated heterocycles. The molecule has 0 aromatic heterocycles. The van der Waals surface area contributed by atoms with Crippen molar-refractivity contribution in [3.8, 4) is 0 Å². The lowest BCUT2D eigenvalue weighted by Gasteiger charge is -2.38. The number of amides is 1. The Labute approximate surface area is 131 Å². The van der Waals surface area contributed by atoms with E-state index >= 15 is 0 Å². The molecule has 1 amide bonds. The summed E-state index contributed by atoms with van der Waals surface area (Å²) in [6.07, 6.45) is 1.86. The van der Waals surface area contributed by atoms with Crippen molar-refractivity contribution in [1.29, 1.82) is 0 Å². The molecule has 22 heavy (non-hydrogen) atoms. The van der Waals surface area contributed by atoms with E-state index < -0.39 is 0 Å². The van der Waals surface area contributed by atoms with E-state index in [2.05, 4.69) is 12.2 Å². The molecule has 1 fully saturated rings. The van der Waals surface area contributed by atoms with Crippen LogP contribution in [0.5, 0.6) is 0 Å². The average molecular weight is 304 g/mol. The summed E-state index contributed by atoms with van der Waals surface area (Å²) < 4.78 is 4.72. The molecule has 1 unspecified atom stereocenters. The molecule has 1 aliphatic rings. The SMILES string of the molecule is CCCC(c1ccc(C(=O)OC)cc1)N1C(=O)CNC1(C)C. The summed E-state index contributed by atoms with van der Waals surface area (Å²) in [5.74, 6) is -0.238. The Morgan fingerprint density at radius 1 is 1.36 bits per heavy atom. The van der Waals surface area contributed by atoms with Gasteiger partial charge in [0.25, 0.3) is 0 Å². The minimum Gasteiger partial charge on any atom is -0.465 e. The third kappa shape index (κ3) is 3.14. The van der Waals surface area contributed by atoms with Crippen LogP contribution < -0.4 is 5.32 Å². The van der Waals surface area contributed by atoms with Crippen LogP contribution in [0.15, 0.2) is 24.3 Å². The van der Waals surface area contributed by atoms with Crippen LogP contribution in [0.4, 0.5) is 0 Å². The Kier molecular flexibility index (Phi) is 4.86. The first kappa shape index (κ1) is 16.5. The maximum absolute atomic E-state index is 12.3. The van der Waals surface area contributed by atoms with Crippen molar-refractivity contribution in [2.75, 3.05) is 13.7 Å². The van der Waals surface area contributed by atoms with Gasteiger partial charge in [0.05, 0.1) is 30.9 Å². The maximum Gasteiger partial charge on any atom is 0.337 e. The monoisotopic (exact) mass is 304 g/mol. The number of nitrogens with zero attached hydrogens (tertiary/aromatic N) is 1. The van der Waals surface area contributed by atoms with Crippen LogP contribution in [0.25, 0.3) is 0 Å². The topological polar surface area (TPSA) is 58.6 Å². The molecule has 1 aliphatic heterocycles. The lowest BCUT2D eigenvalue weighted by Crippen LogP contribution is -2.48. The molecule has 5 heteroatoms. The highest BCUT2D eigenvalue weighted by Gasteiger charge is 2.41. The fourth-order valence-electron chi connectivity index (χ4n) is 3.01. The van der Waals surface area contributed by atoms with E-state index in [0.717, 1.165) is 18.4 Å². The smallest absolute Gasteiger partial charge is 0.337 e. The normalized spacial score (nSPS) is 18.4. The number of nitrogens with one attached hydrogen (secondary N) is 1. The van der Waals surface area contributed by atoms with Crippen molar-refractivity contribution < 1.29 is 14.3 Å². The number of carbonyl (C=O) groups excluding carboxylic acids is 2. The van der Waals surface area contributed by atoms with Crippen LogP contribution in [0.1, 0.15) is 55.6 Å². The standard InChI is InChI=1S/C17H24N2O3/c1-5-6-14(19-15(20)11-18-17(19,2)3)12-7-9-13(10-8-12)16(21)22-4/h7-10,14,18H,5-6,11H2,1-4H3. The number of hydrogen-bond acceptors (Lipinski definition) is 4. The number of ether oxygens (including phenoxy) is 1. The second-order valence-corrected chi connectivity index (χ2v) is 6.09. The van der Waals surface area contributed by atoms with Gasteiger partial charge in [-0.1, -0.05) is 25.5 Å². The Hall–Kier alpha value is -1.88. The van der Waals surface area contributed by atoms with E-state index in [1.54, 1.807) is 12.1 Å². The number of methoxy groups -OCH3 is 1. The molecule has 0 bridgehead atoms. The van der Waals surface area contributed by atoms with Crippen molar-refractivity contribution >= 4 is 11.9 Å². The van der Waals surface area contributed by atoms with Crippen molar-refractivity contribution in [1.82, 2.24) is 10.2 Å². The molecule has 2 rings (SSSR count). The molecular weight excluding hydrogens is 280 g/mol. The molecule has 1 atom stereocenters. The van der Waals surface area contributed by atoms with E-state index in [4.69, 9.17) is 4.74 Å². The van der Waals surface area contributed by atoms with Gasteiger partial charge in [0.1, 0.15) is 0 Å². The number of hydrogen-bond donors (Lipinski definition) is 1. The number of rotatable bonds is 5. The van der Waals surface area contributed by atoms with Gasteiger partial charge in [-0.25, -0.2) is 4.79 Å². The summed E-state index contributed by atoms with van der Waals surface area (Å²) in [5.41, 5.74) is 1.20. The first-order chi connectivity index (χ1) is 10.4. The number of benzene rings is 1. The Bertz CT molecular complexity index is 552. The van der Waals surface area contributed by atoms with Crippen molar-refractivity contribution in [2.45, 2.75) is 45.3 Å². The van der Waals surface area contributed by atoms with Gasteiger partial charge < -0.3 is 9.64 Å². The fraction of sp³-hybridized carbons (Fsp3) is 0.529. The molecule has 1 N–H and O–H groups in total. The third-order valence-electron chi connectivity index (χ3n) is 4.13. The summed E-state index contributed by atoms with van der Waals surface area (Å²) in [6.45, 7) is 6.51. The predicted octanol–water partition coefficient (Wildman–Crippen LogP) is 2.48. The first-order valence-electron chi connectivity index (χ1n) is 7.66. The number of esters is 1. The second kappa shape index (κ2) is 6.48. The van der Waals surface area contributed by atoms with Crippen LogP contribution in [0.3, 0.4) is 0 Å². The van der Waals surface area contributed by atoms with Gasteiger partial charge >= 0.3 is 5.97 Å². The first-order valence-corrected chi connectivity index (χ1v) is 7.66. The zero-order chi connectivity index (χ0) is 16.3. The average Bonchev–Trinajstić information content (AvgIpc) is 2.78. The molecule has 1 heterocycles. The fourth-order valence-corrected chi connectivity index (χ4v) is 3.01. The Balaban J connectivity index is 2.32. The summed E-state index contributed by atoms with van der Waals surface area (Å²) >= 11 is 0. The van der Waals surface area contributed by atoms with Crippen LogP contribution in [0.2, 0.25) is 0 Å². The summed E-state index contributed by atoms with van der Waals surface area (Å²) in [5, 5.41) is 3.25. The second-order valence-electron chi connectivity index (χ2n) is 6.09. The predicted molar refractivity (Wildman–Crippen MR) is 84.4 cm³/mol. The summed E-state index contributed by atoms with van der Waals surface area (Å²) in [6, 6.07) is 7.34. The van der Waals surface area contributed by atoms with Gasteiger partial charge in [-0.05, 0) is 38.0 Å². The molecular formula is C17H24N2O3. The maximum atomic E-state index is 12.3. The molecule has 0 saturated carbocycles. The Morgan fingerprint density at radius 3 is 2.45 bits per heavy atom. The minimum absolute atomic E-state index is 0.00852. The molecule has 1 aromatic rings. The van der Waals surface area contributed by atoms with E-state index in [9.17, 15) is 9.59 Å². The highest BCUT2D eigenvalue weighted by Crippen LogP contribution is 2.33. The molecule has 1 aromatic carbocycles. The van der Waals surface area contributed by atoms with Gasteiger partial charge in [0.2, 0.25) is 5.91 Å². The van der Waals surface area contributed by atoms with Crippen molar-refractivity contribution in [2.24, 2.45) is 0 Å². The highest BCUT2D eigenvalue weighted by molar-refractivity contribution is 5.89. The van der Waals surface area contributed by atoms with Gasteiger partial charge in [0, 0.05) is 0 Å². The van der Waals surface area contributed by atoms with Crippen molar-refractivity contribution in [3.05, 3.63) is 35.4 Å². The van der Waals surface area contributed by atoms with Gasteiger partial charge in [-0.3, -0.25) is 10.1 Å². The van der Waals surface area contributed by atoms with Crippen molar-refractivity contribution in [3.63, 3.8) is 0 Å².